The Balaban J connectivity index is 1.61. The summed E-state index contributed by atoms with van der Waals surface area (Å²) in [6.07, 6.45) is 2.59. The molecule has 2 aromatic rings. The van der Waals surface area contributed by atoms with Gasteiger partial charge in [0, 0.05) is 31.0 Å². The van der Waals surface area contributed by atoms with E-state index < -0.39 is 0 Å². The number of rotatable bonds is 4. The molecule has 0 unspecified atom stereocenters. The second kappa shape index (κ2) is 6.17. The fraction of sp³-hybridized carbons (Fsp3) is 0.333. The van der Waals surface area contributed by atoms with Gasteiger partial charge in [0.05, 0.1) is 0 Å². The van der Waals surface area contributed by atoms with Crippen molar-refractivity contribution in [2.45, 2.75) is 26.3 Å². The molecule has 0 atom stereocenters. The van der Waals surface area contributed by atoms with E-state index in [1.165, 1.54) is 37.7 Å². The third-order valence-electron chi connectivity index (χ3n) is 4.06. The molecule has 3 heteroatoms. The largest absolute Gasteiger partial charge is 0.381 e. The zero-order chi connectivity index (χ0) is 14.7. The Morgan fingerprint density at radius 3 is 2.43 bits per heavy atom. The molecule has 2 nitrogen and oxygen atoms in total. The van der Waals surface area contributed by atoms with Crippen molar-refractivity contribution in [2.24, 2.45) is 0 Å². The fourth-order valence-corrected chi connectivity index (χ4v) is 2.79. The number of nitrogens with zero attached hydrogens (tertiary/aromatic N) is 1. The molecule has 0 aromatic heterocycles. The summed E-state index contributed by atoms with van der Waals surface area (Å²) in [6, 6.07) is 13.8. The van der Waals surface area contributed by atoms with Crippen LogP contribution in [-0.4, -0.2) is 13.1 Å². The zero-order valence-electron chi connectivity index (χ0n) is 12.4. The number of anilines is 2. The monoisotopic (exact) mass is 284 g/mol. The average molecular weight is 284 g/mol. The molecule has 1 N–H and O–H groups in total. The first kappa shape index (κ1) is 13.9. The molecule has 21 heavy (non-hydrogen) atoms. The molecule has 1 fully saturated rings. The maximum absolute atomic E-state index is 13.2. The second-order valence-corrected chi connectivity index (χ2v) is 5.68. The van der Waals surface area contributed by atoms with Gasteiger partial charge in [-0.1, -0.05) is 12.1 Å². The highest BCUT2D eigenvalue weighted by molar-refractivity contribution is 5.55. The van der Waals surface area contributed by atoms with Gasteiger partial charge in [0.2, 0.25) is 0 Å². The summed E-state index contributed by atoms with van der Waals surface area (Å²) in [7, 11) is 0. The van der Waals surface area contributed by atoms with E-state index in [0.29, 0.717) is 12.1 Å². The highest BCUT2D eigenvalue weighted by Gasteiger charge is 2.11. The number of nitrogens with one attached hydrogen (secondary N) is 1. The van der Waals surface area contributed by atoms with Crippen molar-refractivity contribution < 1.29 is 4.39 Å². The lowest BCUT2D eigenvalue weighted by Crippen LogP contribution is -2.17. The van der Waals surface area contributed by atoms with Gasteiger partial charge < -0.3 is 10.2 Å². The molecule has 1 aliphatic rings. The normalized spacial score (nSPS) is 14.5. The number of hydrogen-bond donors (Lipinski definition) is 1. The van der Waals surface area contributed by atoms with Crippen molar-refractivity contribution in [1.82, 2.24) is 0 Å². The minimum atomic E-state index is -0.145. The topological polar surface area (TPSA) is 15.3 Å². The van der Waals surface area contributed by atoms with Crippen molar-refractivity contribution >= 4 is 11.4 Å². The first-order valence-corrected chi connectivity index (χ1v) is 7.56. The van der Waals surface area contributed by atoms with Crippen LogP contribution in [0.4, 0.5) is 15.8 Å². The predicted molar refractivity (Wildman–Crippen MR) is 86.4 cm³/mol. The van der Waals surface area contributed by atoms with Crippen LogP contribution in [0.15, 0.2) is 42.5 Å². The van der Waals surface area contributed by atoms with Gasteiger partial charge in [0.15, 0.2) is 0 Å². The first-order chi connectivity index (χ1) is 10.2. The van der Waals surface area contributed by atoms with Gasteiger partial charge in [-0.25, -0.2) is 4.39 Å². The van der Waals surface area contributed by atoms with Crippen molar-refractivity contribution in [3.8, 4) is 0 Å². The molecule has 1 heterocycles. The maximum Gasteiger partial charge on any atom is 0.126 e. The Labute approximate surface area is 125 Å². The molecule has 2 aromatic carbocycles. The van der Waals surface area contributed by atoms with Gasteiger partial charge in [-0.05, 0) is 61.2 Å². The second-order valence-electron chi connectivity index (χ2n) is 5.68. The molecule has 0 aliphatic carbocycles. The van der Waals surface area contributed by atoms with E-state index >= 15 is 0 Å². The molecule has 0 amide bonds. The predicted octanol–water partition coefficient (Wildman–Crippen LogP) is 4.35. The van der Waals surface area contributed by atoms with Crippen LogP contribution in [0.3, 0.4) is 0 Å². The van der Waals surface area contributed by atoms with Crippen LogP contribution in [-0.2, 0) is 6.54 Å². The fourth-order valence-electron chi connectivity index (χ4n) is 2.79. The molecule has 110 valence electrons. The Morgan fingerprint density at radius 1 is 1.05 bits per heavy atom. The average Bonchev–Trinajstić information content (AvgIpc) is 3.03. The number of aryl methyl sites for hydroxylation is 1. The molecule has 0 saturated carbocycles. The van der Waals surface area contributed by atoms with Crippen LogP contribution in [0.5, 0.6) is 0 Å². The van der Waals surface area contributed by atoms with Gasteiger partial charge in [0.1, 0.15) is 5.82 Å². The Morgan fingerprint density at radius 2 is 1.76 bits per heavy atom. The van der Waals surface area contributed by atoms with E-state index in [4.69, 9.17) is 0 Å². The smallest absolute Gasteiger partial charge is 0.126 e. The van der Waals surface area contributed by atoms with Crippen LogP contribution < -0.4 is 10.2 Å². The quantitative estimate of drug-likeness (QED) is 0.898. The first-order valence-electron chi connectivity index (χ1n) is 7.56. The van der Waals surface area contributed by atoms with E-state index in [1.807, 2.05) is 12.1 Å². The zero-order valence-corrected chi connectivity index (χ0v) is 12.4. The van der Waals surface area contributed by atoms with E-state index in [1.54, 1.807) is 6.92 Å². The Kier molecular flexibility index (Phi) is 4.09. The highest BCUT2D eigenvalue weighted by Crippen LogP contribution is 2.22. The third-order valence-corrected chi connectivity index (χ3v) is 4.06. The van der Waals surface area contributed by atoms with E-state index in [-0.39, 0.29) is 5.82 Å². The number of benzene rings is 2. The van der Waals surface area contributed by atoms with Crippen molar-refractivity contribution in [3.63, 3.8) is 0 Å². The standard InChI is InChI=1S/C18H21FN2/c1-14-12-15(4-9-18(14)19)13-20-16-5-7-17(8-6-16)21-10-2-3-11-21/h4-9,12,20H,2-3,10-11,13H2,1H3. The molecule has 0 bridgehead atoms. The van der Waals surface area contributed by atoms with Crippen LogP contribution >= 0.6 is 0 Å². The van der Waals surface area contributed by atoms with Crippen LogP contribution in [0.25, 0.3) is 0 Å². The maximum atomic E-state index is 13.2. The summed E-state index contributed by atoms with van der Waals surface area (Å²) >= 11 is 0. The highest BCUT2D eigenvalue weighted by atomic mass is 19.1. The van der Waals surface area contributed by atoms with Gasteiger partial charge >= 0.3 is 0 Å². The lowest BCUT2D eigenvalue weighted by atomic mass is 10.1. The van der Waals surface area contributed by atoms with E-state index in [2.05, 4.69) is 34.5 Å². The number of halogens is 1. The van der Waals surface area contributed by atoms with E-state index in [0.717, 1.165) is 11.3 Å². The minimum absolute atomic E-state index is 0.145. The van der Waals surface area contributed by atoms with Gasteiger partial charge in [-0.2, -0.15) is 0 Å². The summed E-state index contributed by atoms with van der Waals surface area (Å²) in [5, 5.41) is 3.38. The Bertz CT molecular complexity index is 601. The minimum Gasteiger partial charge on any atom is -0.381 e. The summed E-state index contributed by atoms with van der Waals surface area (Å²) in [6.45, 7) is 4.84. The molecular weight excluding hydrogens is 263 g/mol. The molecule has 0 radical (unpaired) electrons. The summed E-state index contributed by atoms with van der Waals surface area (Å²) in [5.41, 5.74) is 4.19. The van der Waals surface area contributed by atoms with Gasteiger partial charge in [-0.15, -0.1) is 0 Å². The molecule has 1 saturated heterocycles. The molecule has 3 rings (SSSR count). The molecular formula is C18H21FN2. The van der Waals surface area contributed by atoms with Crippen molar-refractivity contribution in [2.75, 3.05) is 23.3 Å². The SMILES string of the molecule is Cc1cc(CNc2ccc(N3CCCC3)cc2)ccc1F. The van der Waals surface area contributed by atoms with E-state index in [9.17, 15) is 4.39 Å². The summed E-state index contributed by atoms with van der Waals surface area (Å²) < 4.78 is 13.2. The van der Waals surface area contributed by atoms with Gasteiger partial charge in [-0.3, -0.25) is 0 Å². The summed E-state index contributed by atoms with van der Waals surface area (Å²) in [4.78, 5) is 2.42. The van der Waals surface area contributed by atoms with Crippen LogP contribution in [0.1, 0.15) is 24.0 Å². The molecule has 0 spiro atoms. The lowest BCUT2D eigenvalue weighted by molar-refractivity contribution is 0.617. The van der Waals surface area contributed by atoms with Crippen LogP contribution in [0.2, 0.25) is 0 Å². The van der Waals surface area contributed by atoms with Crippen molar-refractivity contribution in [1.29, 1.82) is 0 Å². The Hall–Kier alpha value is -2.03. The number of hydrogen-bond acceptors (Lipinski definition) is 2. The van der Waals surface area contributed by atoms with Gasteiger partial charge in [0.25, 0.3) is 0 Å². The molecule has 1 aliphatic heterocycles. The third kappa shape index (κ3) is 3.35. The van der Waals surface area contributed by atoms with Crippen LogP contribution in [0, 0.1) is 12.7 Å². The lowest BCUT2D eigenvalue weighted by Gasteiger charge is -2.18. The summed E-state index contributed by atoms with van der Waals surface area (Å²) in [5.74, 6) is -0.145. The van der Waals surface area contributed by atoms with Crippen molar-refractivity contribution in [3.05, 3.63) is 59.4 Å².